The molecule has 0 spiro atoms. The number of benzene rings is 1. The number of nitrogens with one attached hydrogen (secondary N) is 1. The number of rotatable bonds is 6. The van der Waals surface area contributed by atoms with Gasteiger partial charge < -0.3 is 10.1 Å². The molecule has 4 rings (SSSR count). The molecule has 154 valence electrons. The molecular formula is C21H19ClN4O3S. The Balaban J connectivity index is 1.85. The van der Waals surface area contributed by atoms with Crippen molar-refractivity contribution >= 4 is 32.5 Å². The summed E-state index contributed by atoms with van der Waals surface area (Å²) < 4.78 is 33.6. The number of fused-ring (bicyclic) bond motifs is 1. The average Bonchev–Trinajstić information content (AvgIpc) is 3.10. The van der Waals surface area contributed by atoms with E-state index in [1.807, 2.05) is 13.0 Å². The van der Waals surface area contributed by atoms with Crippen LogP contribution in [0.5, 0.6) is 11.6 Å². The molecule has 3 aromatic heterocycles. The maximum atomic E-state index is 13.3. The van der Waals surface area contributed by atoms with E-state index in [2.05, 4.69) is 15.3 Å². The lowest BCUT2D eigenvalue weighted by Crippen LogP contribution is -2.12. The highest BCUT2D eigenvalue weighted by molar-refractivity contribution is 7.90. The zero-order valence-electron chi connectivity index (χ0n) is 16.3. The Hall–Kier alpha value is -2.94. The van der Waals surface area contributed by atoms with E-state index < -0.39 is 10.0 Å². The van der Waals surface area contributed by atoms with Gasteiger partial charge in [-0.05, 0) is 55.4 Å². The molecule has 0 saturated carbocycles. The molecule has 30 heavy (non-hydrogen) atoms. The number of ether oxygens (including phenoxy) is 1. The van der Waals surface area contributed by atoms with E-state index in [-0.39, 0.29) is 10.8 Å². The molecule has 0 bridgehead atoms. The Labute approximate surface area is 179 Å². The SMILES string of the molecule is CNCc1cn(S(=O)(=O)c2cccnc2)c2cc(Oc3ncc(C)cc3Cl)ccc12. The molecule has 0 amide bonds. The van der Waals surface area contributed by atoms with E-state index in [0.29, 0.717) is 22.8 Å². The first-order valence-corrected chi connectivity index (χ1v) is 11.0. The lowest BCUT2D eigenvalue weighted by molar-refractivity contribution is 0.463. The van der Waals surface area contributed by atoms with E-state index >= 15 is 0 Å². The van der Waals surface area contributed by atoms with Crippen LogP contribution in [0, 0.1) is 6.92 Å². The standard InChI is InChI=1S/C21H19ClN4O3S/c1-14-8-19(22)21(25-10-14)29-16-5-6-18-15(11-23-2)13-26(20(18)9-16)30(27,28)17-4-3-7-24-12-17/h3-10,12-13,23H,11H2,1-2H3. The molecule has 1 aromatic carbocycles. The van der Waals surface area contributed by atoms with Gasteiger partial charge in [0.25, 0.3) is 10.0 Å². The summed E-state index contributed by atoms with van der Waals surface area (Å²) in [6.07, 6.45) is 6.13. The van der Waals surface area contributed by atoms with Crippen LogP contribution in [-0.4, -0.2) is 29.4 Å². The largest absolute Gasteiger partial charge is 0.437 e. The zero-order chi connectivity index (χ0) is 21.3. The Morgan fingerprint density at radius 3 is 2.73 bits per heavy atom. The summed E-state index contributed by atoms with van der Waals surface area (Å²) in [5.41, 5.74) is 2.25. The highest BCUT2D eigenvalue weighted by Gasteiger charge is 2.22. The smallest absolute Gasteiger partial charge is 0.269 e. The van der Waals surface area contributed by atoms with Crippen molar-refractivity contribution in [2.24, 2.45) is 0 Å². The van der Waals surface area contributed by atoms with Gasteiger partial charge >= 0.3 is 0 Å². The van der Waals surface area contributed by atoms with Crippen molar-refractivity contribution in [1.82, 2.24) is 19.3 Å². The first kappa shape index (κ1) is 20.3. The fourth-order valence-electron chi connectivity index (χ4n) is 3.16. The Kier molecular flexibility index (Phi) is 5.46. The molecule has 0 aliphatic carbocycles. The highest BCUT2D eigenvalue weighted by atomic mass is 35.5. The van der Waals surface area contributed by atoms with Gasteiger partial charge in [0, 0.05) is 42.8 Å². The van der Waals surface area contributed by atoms with E-state index in [1.165, 1.54) is 22.4 Å². The summed E-state index contributed by atoms with van der Waals surface area (Å²) in [5, 5.41) is 4.25. The molecule has 0 aliphatic rings. The van der Waals surface area contributed by atoms with Gasteiger partial charge in [-0.25, -0.2) is 17.4 Å². The Morgan fingerprint density at radius 2 is 2.03 bits per heavy atom. The van der Waals surface area contributed by atoms with Crippen molar-refractivity contribution in [2.75, 3.05) is 7.05 Å². The van der Waals surface area contributed by atoms with E-state index in [9.17, 15) is 8.42 Å². The van der Waals surface area contributed by atoms with E-state index in [1.54, 1.807) is 43.7 Å². The fraction of sp³-hybridized carbons (Fsp3) is 0.143. The molecule has 4 aromatic rings. The van der Waals surface area contributed by atoms with Gasteiger partial charge in [0.15, 0.2) is 0 Å². The van der Waals surface area contributed by atoms with Gasteiger partial charge in [0.2, 0.25) is 5.88 Å². The zero-order valence-corrected chi connectivity index (χ0v) is 17.9. The summed E-state index contributed by atoms with van der Waals surface area (Å²) in [6.45, 7) is 2.39. The van der Waals surface area contributed by atoms with Crippen LogP contribution < -0.4 is 10.1 Å². The number of pyridine rings is 2. The van der Waals surface area contributed by atoms with Crippen LogP contribution in [0.25, 0.3) is 10.9 Å². The number of aryl methyl sites for hydroxylation is 1. The predicted molar refractivity (Wildman–Crippen MR) is 116 cm³/mol. The van der Waals surface area contributed by atoms with Crippen LogP contribution in [0.1, 0.15) is 11.1 Å². The molecule has 9 heteroatoms. The van der Waals surface area contributed by atoms with Crippen LogP contribution in [-0.2, 0) is 16.6 Å². The van der Waals surface area contributed by atoms with Crippen LogP contribution in [0.15, 0.2) is 66.1 Å². The second-order valence-electron chi connectivity index (χ2n) is 6.75. The van der Waals surface area contributed by atoms with Crippen molar-refractivity contribution in [2.45, 2.75) is 18.4 Å². The van der Waals surface area contributed by atoms with Crippen molar-refractivity contribution in [3.63, 3.8) is 0 Å². The quantitative estimate of drug-likeness (QED) is 0.483. The Morgan fingerprint density at radius 1 is 1.20 bits per heavy atom. The molecular weight excluding hydrogens is 424 g/mol. The topological polar surface area (TPSA) is 86.1 Å². The van der Waals surface area contributed by atoms with Crippen LogP contribution >= 0.6 is 11.6 Å². The molecule has 3 heterocycles. The summed E-state index contributed by atoms with van der Waals surface area (Å²) >= 11 is 6.22. The van der Waals surface area contributed by atoms with Crippen molar-refractivity contribution in [3.8, 4) is 11.6 Å². The minimum absolute atomic E-state index is 0.104. The second-order valence-corrected chi connectivity index (χ2v) is 8.98. The first-order chi connectivity index (χ1) is 14.4. The van der Waals surface area contributed by atoms with Gasteiger partial charge in [-0.2, -0.15) is 0 Å². The number of halogens is 1. The molecule has 0 atom stereocenters. The first-order valence-electron chi connectivity index (χ1n) is 9.14. The molecule has 0 saturated heterocycles. The molecule has 7 nitrogen and oxygen atoms in total. The third-order valence-corrected chi connectivity index (χ3v) is 6.47. The van der Waals surface area contributed by atoms with Gasteiger partial charge in [0.05, 0.1) is 5.52 Å². The fourth-order valence-corrected chi connectivity index (χ4v) is 4.77. The third kappa shape index (κ3) is 3.77. The minimum atomic E-state index is -3.84. The van der Waals surface area contributed by atoms with Gasteiger partial charge in [-0.15, -0.1) is 0 Å². The van der Waals surface area contributed by atoms with Crippen molar-refractivity contribution < 1.29 is 13.2 Å². The minimum Gasteiger partial charge on any atom is -0.437 e. The number of hydrogen-bond acceptors (Lipinski definition) is 6. The maximum absolute atomic E-state index is 13.3. The predicted octanol–water partition coefficient (Wildman–Crippen LogP) is 4.14. The molecule has 0 radical (unpaired) electrons. The van der Waals surface area contributed by atoms with Crippen LogP contribution in [0.2, 0.25) is 5.02 Å². The van der Waals surface area contributed by atoms with E-state index in [0.717, 1.165) is 16.5 Å². The number of nitrogens with zero attached hydrogens (tertiary/aromatic N) is 3. The van der Waals surface area contributed by atoms with Gasteiger partial charge in [-0.1, -0.05) is 11.6 Å². The number of aromatic nitrogens is 3. The lowest BCUT2D eigenvalue weighted by atomic mass is 10.1. The number of hydrogen-bond donors (Lipinski definition) is 1. The monoisotopic (exact) mass is 442 g/mol. The van der Waals surface area contributed by atoms with Crippen molar-refractivity contribution in [1.29, 1.82) is 0 Å². The normalized spacial score (nSPS) is 11.7. The molecule has 0 fully saturated rings. The lowest BCUT2D eigenvalue weighted by Gasteiger charge is -2.10. The molecule has 0 aliphatic heterocycles. The summed E-state index contributed by atoms with van der Waals surface area (Å²) in [6, 6.07) is 10.1. The third-order valence-electron chi connectivity index (χ3n) is 4.54. The van der Waals surface area contributed by atoms with E-state index in [4.69, 9.17) is 16.3 Å². The summed E-state index contributed by atoms with van der Waals surface area (Å²) in [7, 11) is -2.03. The van der Waals surface area contributed by atoms with Gasteiger partial charge in [0.1, 0.15) is 15.7 Å². The van der Waals surface area contributed by atoms with Crippen LogP contribution in [0.4, 0.5) is 0 Å². The van der Waals surface area contributed by atoms with Gasteiger partial charge in [-0.3, -0.25) is 4.98 Å². The highest BCUT2D eigenvalue weighted by Crippen LogP contribution is 2.32. The summed E-state index contributed by atoms with van der Waals surface area (Å²) in [4.78, 5) is 8.25. The average molecular weight is 443 g/mol. The Bertz CT molecular complexity index is 1320. The van der Waals surface area contributed by atoms with Crippen LogP contribution in [0.3, 0.4) is 0 Å². The summed E-state index contributed by atoms with van der Waals surface area (Å²) in [5.74, 6) is 0.683. The molecule has 1 N–H and O–H groups in total. The maximum Gasteiger partial charge on any atom is 0.269 e. The molecule has 0 unspecified atom stereocenters. The van der Waals surface area contributed by atoms with Crippen molar-refractivity contribution in [3.05, 3.63) is 77.3 Å². The second kappa shape index (κ2) is 8.06.